The number of anilines is 1. The number of sulfonamides is 1. The Morgan fingerprint density at radius 3 is 2.67 bits per heavy atom. The number of amides is 1. The Hall–Kier alpha value is -1.77. The van der Waals surface area contributed by atoms with Crippen LogP contribution in [0.15, 0.2) is 29.2 Å². The Bertz CT molecular complexity index is 993. The lowest BCUT2D eigenvalue weighted by Gasteiger charge is -2.25. The summed E-state index contributed by atoms with van der Waals surface area (Å²) in [6.07, 6.45) is 7.06. The Morgan fingerprint density at radius 1 is 1.20 bits per heavy atom. The fourth-order valence-corrected chi connectivity index (χ4v) is 6.82. The topological polar surface area (TPSA) is 79.4 Å². The van der Waals surface area contributed by atoms with Gasteiger partial charge in [-0.2, -0.15) is 4.31 Å². The molecule has 8 heteroatoms. The molecular weight excluding hydrogens is 418 g/mol. The van der Waals surface area contributed by atoms with Crippen LogP contribution in [0.5, 0.6) is 0 Å². The number of carbonyl (C=O) groups is 1. The standard InChI is InChI=1S/C22H29N3O3S2/c1-16-5-11-19-20(15-16)29-22(23-19)24-21(26)12-8-17-6-9-18(10-7-17)30(27,28)25-13-3-2-4-14-25/h6-7,9-10,16H,2-5,8,11-15H2,1H3,(H,23,24,26). The number of carbonyl (C=O) groups excluding carboxylic acids is 1. The number of aryl methyl sites for hydroxylation is 2. The molecule has 0 saturated carbocycles. The number of hydrogen-bond donors (Lipinski definition) is 1. The molecule has 1 amide bonds. The van der Waals surface area contributed by atoms with Crippen molar-refractivity contribution in [2.75, 3.05) is 18.4 Å². The van der Waals surface area contributed by atoms with Crippen molar-refractivity contribution in [2.24, 2.45) is 5.92 Å². The van der Waals surface area contributed by atoms with E-state index >= 15 is 0 Å². The third-order valence-electron chi connectivity index (χ3n) is 5.95. The minimum absolute atomic E-state index is 0.0563. The van der Waals surface area contributed by atoms with E-state index in [4.69, 9.17) is 0 Å². The van der Waals surface area contributed by atoms with E-state index in [1.807, 2.05) is 12.1 Å². The normalized spacial score (nSPS) is 20.0. The van der Waals surface area contributed by atoms with Crippen molar-refractivity contribution >= 4 is 32.4 Å². The number of nitrogens with zero attached hydrogens (tertiary/aromatic N) is 2. The van der Waals surface area contributed by atoms with Crippen molar-refractivity contribution in [3.05, 3.63) is 40.4 Å². The van der Waals surface area contributed by atoms with Crippen LogP contribution in [-0.4, -0.2) is 36.7 Å². The zero-order valence-corrected chi connectivity index (χ0v) is 19.0. The van der Waals surface area contributed by atoms with Crippen LogP contribution in [0.2, 0.25) is 0 Å². The lowest BCUT2D eigenvalue weighted by atomic mass is 9.93. The molecule has 0 spiro atoms. The van der Waals surface area contributed by atoms with Crippen molar-refractivity contribution in [1.29, 1.82) is 0 Å². The van der Waals surface area contributed by atoms with Crippen LogP contribution in [0, 0.1) is 5.92 Å². The highest BCUT2D eigenvalue weighted by Crippen LogP contribution is 2.32. The molecule has 1 aliphatic carbocycles. The average Bonchev–Trinajstić information content (AvgIpc) is 3.14. The van der Waals surface area contributed by atoms with Crippen LogP contribution in [0.1, 0.15) is 55.2 Å². The molecule has 4 rings (SSSR count). The minimum atomic E-state index is -3.41. The van der Waals surface area contributed by atoms with Gasteiger partial charge >= 0.3 is 0 Å². The van der Waals surface area contributed by atoms with Crippen molar-refractivity contribution in [1.82, 2.24) is 9.29 Å². The van der Waals surface area contributed by atoms with Gasteiger partial charge in [-0.3, -0.25) is 4.79 Å². The highest BCUT2D eigenvalue weighted by molar-refractivity contribution is 7.89. The Kier molecular flexibility index (Phi) is 6.55. The first-order valence-electron chi connectivity index (χ1n) is 10.8. The van der Waals surface area contributed by atoms with Gasteiger partial charge in [-0.25, -0.2) is 13.4 Å². The fourth-order valence-electron chi connectivity index (χ4n) is 4.12. The second-order valence-electron chi connectivity index (χ2n) is 8.39. The number of aromatic nitrogens is 1. The number of rotatable bonds is 6. The lowest BCUT2D eigenvalue weighted by Crippen LogP contribution is -2.35. The molecule has 2 aromatic rings. The number of piperidine rings is 1. The second-order valence-corrected chi connectivity index (χ2v) is 11.4. The zero-order chi connectivity index (χ0) is 21.1. The average molecular weight is 448 g/mol. The molecule has 1 atom stereocenters. The summed E-state index contributed by atoms with van der Waals surface area (Å²) < 4.78 is 27.0. The lowest BCUT2D eigenvalue weighted by molar-refractivity contribution is -0.116. The number of fused-ring (bicyclic) bond motifs is 1. The van der Waals surface area contributed by atoms with Gasteiger partial charge in [0.05, 0.1) is 10.6 Å². The number of thiazole rings is 1. The van der Waals surface area contributed by atoms with Crippen LogP contribution >= 0.6 is 11.3 Å². The highest BCUT2D eigenvalue weighted by atomic mass is 32.2. The molecule has 2 aliphatic rings. The molecule has 1 aromatic carbocycles. The monoisotopic (exact) mass is 447 g/mol. The van der Waals surface area contributed by atoms with E-state index in [1.54, 1.807) is 27.8 Å². The van der Waals surface area contributed by atoms with Gasteiger partial charge in [-0.05, 0) is 62.1 Å². The smallest absolute Gasteiger partial charge is 0.243 e. The van der Waals surface area contributed by atoms with Gasteiger partial charge in [-0.1, -0.05) is 25.5 Å². The largest absolute Gasteiger partial charge is 0.302 e. The van der Waals surface area contributed by atoms with Gasteiger partial charge in [0.2, 0.25) is 15.9 Å². The number of hydrogen-bond acceptors (Lipinski definition) is 5. The van der Waals surface area contributed by atoms with E-state index in [2.05, 4.69) is 17.2 Å². The molecule has 1 aliphatic heterocycles. The molecule has 1 unspecified atom stereocenters. The molecule has 2 heterocycles. The summed E-state index contributed by atoms with van der Waals surface area (Å²) in [6, 6.07) is 6.95. The summed E-state index contributed by atoms with van der Waals surface area (Å²) in [5, 5.41) is 3.63. The van der Waals surface area contributed by atoms with E-state index in [0.29, 0.717) is 41.9 Å². The molecule has 1 aromatic heterocycles. The zero-order valence-electron chi connectivity index (χ0n) is 17.4. The van der Waals surface area contributed by atoms with Gasteiger partial charge in [0, 0.05) is 24.4 Å². The maximum Gasteiger partial charge on any atom is 0.243 e. The van der Waals surface area contributed by atoms with Crippen LogP contribution in [0.25, 0.3) is 0 Å². The van der Waals surface area contributed by atoms with E-state index in [9.17, 15) is 13.2 Å². The number of benzene rings is 1. The molecule has 1 fully saturated rings. The molecule has 1 saturated heterocycles. The second kappa shape index (κ2) is 9.16. The SMILES string of the molecule is CC1CCc2nc(NC(=O)CCc3ccc(S(=O)(=O)N4CCCCC4)cc3)sc2C1. The molecule has 162 valence electrons. The molecular formula is C22H29N3O3S2. The highest BCUT2D eigenvalue weighted by Gasteiger charge is 2.25. The minimum Gasteiger partial charge on any atom is -0.302 e. The Balaban J connectivity index is 1.31. The van der Waals surface area contributed by atoms with Crippen LogP contribution < -0.4 is 5.32 Å². The van der Waals surface area contributed by atoms with Gasteiger partial charge < -0.3 is 5.32 Å². The van der Waals surface area contributed by atoms with E-state index in [-0.39, 0.29) is 5.91 Å². The van der Waals surface area contributed by atoms with Crippen LogP contribution in [0.4, 0.5) is 5.13 Å². The van der Waals surface area contributed by atoms with E-state index < -0.39 is 10.0 Å². The predicted octanol–water partition coefficient (Wildman–Crippen LogP) is 4.01. The predicted molar refractivity (Wildman–Crippen MR) is 119 cm³/mol. The quantitative estimate of drug-likeness (QED) is 0.726. The van der Waals surface area contributed by atoms with E-state index in [1.165, 1.54) is 4.88 Å². The maximum atomic E-state index is 12.7. The van der Waals surface area contributed by atoms with Gasteiger partial charge in [-0.15, -0.1) is 11.3 Å². The third kappa shape index (κ3) is 4.92. The first-order valence-corrected chi connectivity index (χ1v) is 13.0. The van der Waals surface area contributed by atoms with Crippen LogP contribution in [-0.2, 0) is 34.1 Å². The van der Waals surface area contributed by atoms with Gasteiger partial charge in [0.1, 0.15) is 0 Å². The summed E-state index contributed by atoms with van der Waals surface area (Å²) >= 11 is 1.59. The Labute approximate surface area is 182 Å². The fraction of sp³-hybridized carbons (Fsp3) is 0.545. The van der Waals surface area contributed by atoms with Crippen molar-refractivity contribution in [3.63, 3.8) is 0 Å². The third-order valence-corrected chi connectivity index (χ3v) is 8.90. The summed E-state index contributed by atoms with van der Waals surface area (Å²) in [5.41, 5.74) is 2.09. The Morgan fingerprint density at radius 2 is 1.93 bits per heavy atom. The summed E-state index contributed by atoms with van der Waals surface area (Å²) in [4.78, 5) is 18.6. The first kappa shape index (κ1) is 21.5. The maximum absolute atomic E-state index is 12.7. The van der Waals surface area contributed by atoms with Crippen molar-refractivity contribution in [3.8, 4) is 0 Å². The molecule has 30 heavy (non-hydrogen) atoms. The van der Waals surface area contributed by atoms with Gasteiger partial charge in [0.25, 0.3) is 0 Å². The first-order chi connectivity index (χ1) is 14.4. The molecule has 0 radical (unpaired) electrons. The van der Waals surface area contributed by atoms with Crippen molar-refractivity contribution in [2.45, 2.75) is 63.2 Å². The molecule has 6 nitrogen and oxygen atoms in total. The summed E-state index contributed by atoms with van der Waals surface area (Å²) in [7, 11) is -3.41. The van der Waals surface area contributed by atoms with Crippen molar-refractivity contribution < 1.29 is 13.2 Å². The van der Waals surface area contributed by atoms with Crippen LogP contribution in [0.3, 0.4) is 0 Å². The summed E-state index contributed by atoms with van der Waals surface area (Å²) in [5.74, 6) is 0.627. The number of nitrogens with one attached hydrogen (secondary N) is 1. The molecule has 1 N–H and O–H groups in total. The van der Waals surface area contributed by atoms with Gasteiger partial charge in [0.15, 0.2) is 5.13 Å². The summed E-state index contributed by atoms with van der Waals surface area (Å²) in [6.45, 7) is 3.46. The molecule has 0 bridgehead atoms. The van der Waals surface area contributed by atoms with E-state index in [0.717, 1.165) is 49.8 Å².